The number of carboxylic acid groups (broad SMARTS) is 1. The van der Waals surface area contributed by atoms with Crippen molar-refractivity contribution in [1.82, 2.24) is 0 Å². The van der Waals surface area contributed by atoms with Gasteiger partial charge in [0.1, 0.15) is 5.75 Å². The molecule has 0 aliphatic rings. The van der Waals surface area contributed by atoms with E-state index in [2.05, 4.69) is 22.6 Å². The number of carbonyl (C=O) groups is 1. The van der Waals surface area contributed by atoms with Crippen LogP contribution in [0.5, 0.6) is 11.5 Å². The standard InChI is InChI=1S/C13H9FINO3/c14-10-6-11(16)9(13(17)18)5-12(10)19-8-3-1-7(15)2-4-8/h1-6H,16H2,(H,17,18). The minimum absolute atomic E-state index is 0.139. The maximum Gasteiger partial charge on any atom is 0.337 e. The molecule has 0 aromatic heterocycles. The highest BCUT2D eigenvalue weighted by atomic mass is 127. The third kappa shape index (κ3) is 3.14. The van der Waals surface area contributed by atoms with Crippen LogP contribution >= 0.6 is 22.6 Å². The van der Waals surface area contributed by atoms with E-state index in [4.69, 9.17) is 15.6 Å². The quantitative estimate of drug-likeness (QED) is 0.638. The predicted molar refractivity (Wildman–Crippen MR) is 77.0 cm³/mol. The van der Waals surface area contributed by atoms with Gasteiger partial charge in [0, 0.05) is 21.4 Å². The van der Waals surface area contributed by atoms with E-state index in [-0.39, 0.29) is 17.0 Å². The summed E-state index contributed by atoms with van der Waals surface area (Å²) in [5, 5.41) is 8.92. The zero-order valence-corrected chi connectivity index (χ0v) is 11.7. The third-order valence-corrected chi connectivity index (χ3v) is 3.10. The smallest absolute Gasteiger partial charge is 0.337 e. The third-order valence-electron chi connectivity index (χ3n) is 2.38. The van der Waals surface area contributed by atoms with Crippen molar-refractivity contribution < 1.29 is 19.0 Å². The fourth-order valence-electron chi connectivity index (χ4n) is 1.46. The average Bonchev–Trinajstić information content (AvgIpc) is 2.34. The number of halogens is 2. The van der Waals surface area contributed by atoms with Crippen molar-refractivity contribution in [3.8, 4) is 11.5 Å². The van der Waals surface area contributed by atoms with Crippen LogP contribution in [0.25, 0.3) is 0 Å². The van der Waals surface area contributed by atoms with Crippen LogP contribution in [0.3, 0.4) is 0 Å². The van der Waals surface area contributed by atoms with Crippen molar-refractivity contribution in [2.24, 2.45) is 0 Å². The van der Waals surface area contributed by atoms with Crippen LogP contribution in [0.4, 0.5) is 10.1 Å². The highest BCUT2D eigenvalue weighted by Crippen LogP contribution is 2.29. The summed E-state index contributed by atoms with van der Waals surface area (Å²) in [4.78, 5) is 10.9. The van der Waals surface area contributed by atoms with Crippen molar-refractivity contribution in [1.29, 1.82) is 0 Å². The van der Waals surface area contributed by atoms with E-state index in [1.165, 1.54) is 0 Å². The Hall–Kier alpha value is -1.83. The molecular formula is C13H9FINO3. The summed E-state index contributed by atoms with van der Waals surface area (Å²) in [6, 6.07) is 8.93. The molecule has 0 atom stereocenters. The van der Waals surface area contributed by atoms with Crippen LogP contribution in [0, 0.1) is 9.39 Å². The summed E-state index contributed by atoms with van der Waals surface area (Å²) >= 11 is 2.13. The van der Waals surface area contributed by atoms with E-state index < -0.39 is 11.8 Å². The lowest BCUT2D eigenvalue weighted by Crippen LogP contribution is -2.04. The molecule has 6 heteroatoms. The van der Waals surface area contributed by atoms with Gasteiger partial charge in [0.05, 0.1) is 5.56 Å². The molecule has 98 valence electrons. The first-order valence-electron chi connectivity index (χ1n) is 5.23. The Labute approximate surface area is 122 Å². The molecule has 0 aliphatic carbocycles. The number of aromatic carboxylic acids is 1. The van der Waals surface area contributed by atoms with Crippen LogP contribution < -0.4 is 10.5 Å². The van der Waals surface area contributed by atoms with E-state index in [9.17, 15) is 9.18 Å². The second-order valence-corrected chi connectivity index (χ2v) is 4.98. The summed E-state index contributed by atoms with van der Waals surface area (Å²) in [6.45, 7) is 0. The van der Waals surface area contributed by atoms with Crippen LogP contribution in [0.2, 0.25) is 0 Å². The maximum absolute atomic E-state index is 13.7. The van der Waals surface area contributed by atoms with Crippen molar-refractivity contribution in [2.75, 3.05) is 5.73 Å². The summed E-state index contributed by atoms with van der Waals surface area (Å²) < 4.78 is 20.0. The molecule has 19 heavy (non-hydrogen) atoms. The lowest BCUT2D eigenvalue weighted by Gasteiger charge is -2.09. The molecule has 2 aromatic carbocycles. The van der Waals surface area contributed by atoms with Crippen molar-refractivity contribution in [3.63, 3.8) is 0 Å². The number of carboxylic acids is 1. The monoisotopic (exact) mass is 373 g/mol. The largest absolute Gasteiger partial charge is 0.478 e. The number of nitrogen functional groups attached to an aromatic ring is 1. The molecule has 0 amide bonds. The minimum Gasteiger partial charge on any atom is -0.478 e. The molecule has 0 heterocycles. The minimum atomic E-state index is -1.23. The van der Waals surface area contributed by atoms with Crippen molar-refractivity contribution >= 4 is 34.2 Å². The summed E-state index contributed by atoms with van der Waals surface area (Å²) in [7, 11) is 0. The molecule has 0 saturated carbocycles. The van der Waals surface area contributed by atoms with Crippen LogP contribution in [-0.2, 0) is 0 Å². The Balaban J connectivity index is 2.37. The Bertz CT molecular complexity index is 629. The van der Waals surface area contributed by atoms with Gasteiger partial charge in [-0.2, -0.15) is 0 Å². The number of ether oxygens (including phenoxy) is 1. The highest BCUT2D eigenvalue weighted by Gasteiger charge is 2.14. The number of hydrogen-bond acceptors (Lipinski definition) is 3. The molecule has 0 bridgehead atoms. The van der Waals surface area contributed by atoms with E-state index in [1.807, 2.05) is 0 Å². The first-order chi connectivity index (χ1) is 8.97. The summed E-state index contributed by atoms with van der Waals surface area (Å²) in [5.41, 5.74) is 5.10. The molecule has 0 fully saturated rings. The molecule has 4 nitrogen and oxygen atoms in total. The van der Waals surface area contributed by atoms with Gasteiger partial charge in [-0.1, -0.05) is 0 Å². The van der Waals surface area contributed by atoms with Crippen molar-refractivity contribution in [2.45, 2.75) is 0 Å². The van der Waals surface area contributed by atoms with E-state index in [1.54, 1.807) is 24.3 Å². The van der Waals surface area contributed by atoms with Gasteiger partial charge in [0.25, 0.3) is 0 Å². The van der Waals surface area contributed by atoms with Gasteiger partial charge >= 0.3 is 5.97 Å². The number of benzene rings is 2. The second-order valence-electron chi connectivity index (χ2n) is 3.73. The molecule has 0 spiro atoms. The van der Waals surface area contributed by atoms with Gasteiger partial charge in [0.2, 0.25) is 0 Å². The van der Waals surface area contributed by atoms with Crippen LogP contribution in [0.1, 0.15) is 10.4 Å². The molecule has 2 rings (SSSR count). The molecule has 3 N–H and O–H groups in total. The zero-order valence-electron chi connectivity index (χ0n) is 9.56. The van der Waals surface area contributed by atoms with Crippen LogP contribution in [-0.4, -0.2) is 11.1 Å². The normalized spacial score (nSPS) is 10.2. The zero-order chi connectivity index (χ0) is 14.0. The summed E-state index contributed by atoms with van der Waals surface area (Å²) in [5.74, 6) is -1.70. The molecular weight excluding hydrogens is 364 g/mol. The lowest BCUT2D eigenvalue weighted by molar-refractivity contribution is 0.0697. The highest BCUT2D eigenvalue weighted by molar-refractivity contribution is 14.1. The molecule has 0 saturated heterocycles. The first-order valence-corrected chi connectivity index (χ1v) is 6.31. The maximum atomic E-state index is 13.7. The second kappa shape index (κ2) is 5.43. The van der Waals surface area contributed by atoms with E-state index >= 15 is 0 Å². The molecule has 2 aromatic rings. The van der Waals surface area contributed by atoms with Gasteiger partial charge in [-0.05, 0) is 46.9 Å². The summed E-state index contributed by atoms with van der Waals surface area (Å²) in [6.07, 6.45) is 0. The lowest BCUT2D eigenvalue weighted by atomic mass is 10.1. The Kier molecular flexibility index (Phi) is 3.89. The van der Waals surface area contributed by atoms with E-state index in [0.717, 1.165) is 15.7 Å². The molecule has 0 unspecified atom stereocenters. The van der Waals surface area contributed by atoms with Gasteiger partial charge < -0.3 is 15.6 Å². The Morgan fingerprint density at radius 1 is 1.26 bits per heavy atom. The van der Waals surface area contributed by atoms with Crippen LogP contribution in [0.15, 0.2) is 36.4 Å². The number of nitrogens with two attached hydrogens (primary N) is 1. The Morgan fingerprint density at radius 2 is 1.89 bits per heavy atom. The first kappa shape index (κ1) is 13.6. The number of anilines is 1. The average molecular weight is 373 g/mol. The molecule has 0 radical (unpaired) electrons. The SMILES string of the molecule is Nc1cc(F)c(Oc2ccc(I)cc2)cc1C(=O)O. The topological polar surface area (TPSA) is 72.5 Å². The number of hydrogen-bond donors (Lipinski definition) is 2. The van der Waals surface area contributed by atoms with Gasteiger partial charge in [-0.3, -0.25) is 0 Å². The molecule has 0 aliphatic heterocycles. The van der Waals surface area contributed by atoms with Gasteiger partial charge in [-0.25, -0.2) is 9.18 Å². The fourth-order valence-corrected chi connectivity index (χ4v) is 1.82. The van der Waals surface area contributed by atoms with E-state index in [0.29, 0.717) is 5.75 Å². The fraction of sp³-hybridized carbons (Fsp3) is 0. The van der Waals surface area contributed by atoms with Gasteiger partial charge in [0.15, 0.2) is 11.6 Å². The predicted octanol–water partition coefficient (Wildman–Crippen LogP) is 3.50. The number of rotatable bonds is 3. The van der Waals surface area contributed by atoms with Gasteiger partial charge in [-0.15, -0.1) is 0 Å². The van der Waals surface area contributed by atoms with Crippen molar-refractivity contribution in [3.05, 3.63) is 51.3 Å². The Morgan fingerprint density at radius 3 is 2.47 bits per heavy atom.